The van der Waals surface area contributed by atoms with Crippen LogP contribution in [0.5, 0.6) is 11.5 Å². The number of amides is 1. The lowest BCUT2D eigenvalue weighted by Gasteiger charge is -2.35. The Morgan fingerprint density at radius 3 is 2.53 bits per heavy atom. The maximum absolute atomic E-state index is 11.6. The first-order chi connectivity index (χ1) is 15.4. The number of rotatable bonds is 5. The minimum absolute atomic E-state index is 0.0321. The van der Waals surface area contributed by atoms with Crippen molar-refractivity contribution in [3.05, 3.63) is 89.0 Å². The molecule has 164 valence electrons. The Morgan fingerprint density at radius 1 is 1.06 bits per heavy atom. The normalized spacial score (nSPS) is 17.1. The molecule has 1 N–H and O–H groups in total. The van der Waals surface area contributed by atoms with Gasteiger partial charge in [0.05, 0.1) is 6.61 Å². The fourth-order valence-electron chi connectivity index (χ4n) is 4.19. The molecule has 1 heterocycles. The second-order valence-corrected chi connectivity index (χ2v) is 8.17. The Hall–Kier alpha value is -3.31. The Bertz CT molecular complexity index is 1140. The Morgan fingerprint density at radius 2 is 1.84 bits per heavy atom. The fraction of sp³-hybridized carbons (Fsp3) is 0.231. The Labute approximate surface area is 192 Å². The molecule has 1 amide bonds. The van der Waals surface area contributed by atoms with Crippen molar-refractivity contribution in [3.8, 4) is 11.5 Å². The number of nitrogens with one attached hydrogen (secondary N) is 1. The maximum atomic E-state index is 11.6. The van der Waals surface area contributed by atoms with Gasteiger partial charge in [0, 0.05) is 36.1 Å². The van der Waals surface area contributed by atoms with Crippen LogP contribution in [0, 0.1) is 6.92 Å². The number of carbonyl (C=O) groups excluding carboxylic acids is 2. The number of benzene rings is 3. The van der Waals surface area contributed by atoms with Crippen molar-refractivity contribution in [2.45, 2.75) is 25.7 Å². The first-order valence-corrected chi connectivity index (χ1v) is 11.0. The lowest BCUT2D eigenvalue weighted by molar-refractivity contribution is -0.131. The summed E-state index contributed by atoms with van der Waals surface area (Å²) in [6.45, 7) is 3.95. The zero-order chi connectivity index (χ0) is 22.7. The minimum atomic E-state index is -0.371. The summed E-state index contributed by atoms with van der Waals surface area (Å²) in [5.74, 6) is 0.598. The van der Waals surface area contributed by atoms with E-state index in [1.165, 1.54) is 18.1 Å². The number of esters is 1. The van der Waals surface area contributed by atoms with E-state index in [-0.39, 0.29) is 29.6 Å². The number of alkyl halides is 1. The molecule has 0 saturated carbocycles. The average molecular weight is 450 g/mol. The van der Waals surface area contributed by atoms with E-state index in [1.54, 1.807) is 12.1 Å². The van der Waals surface area contributed by atoms with E-state index < -0.39 is 0 Å². The molecule has 0 aromatic heterocycles. The van der Waals surface area contributed by atoms with Gasteiger partial charge >= 0.3 is 5.97 Å². The third-order valence-electron chi connectivity index (χ3n) is 5.55. The molecule has 5 nitrogen and oxygen atoms in total. The van der Waals surface area contributed by atoms with Crippen molar-refractivity contribution in [2.75, 3.05) is 17.8 Å². The van der Waals surface area contributed by atoms with Crippen molar-refractivity contribution in [3.63, 3.8) is 0 Å². The highest BCUT2D eigenvalue weighted by Crippen LogP contribution is 2.47. The van der Waals surface area contributed by atoms with Crippen LogP contribution in [0.1, 0.15) is 41.0 Å². The standard InChI is InChI=1S/C26H24ClNO4/c1-16-4-3-5-19(12-16)23-15-31-24-13-21(32-17(2)29)10-11-22(24)26(23)18-6-8-20(9-7-18)28-25(30)14-27/h3-13,23,26H,14-15H2,1-2H3,(H,28,30). The van der Waals surface area contributed by atoms with Gasteiger partial charge in [0.1, 0.15) is 17.4 Å². The van der Waals surface area contributed by atoms with Crippen molar-refractivity contribution >= 4 is 29.2 Å². The summed E-state index contributed by atoms with van der Waals surface area (Å²) < 4.78 is 11.4. The molecule has 0 bridgehead atoms. The lowest BCUT2D eigenvalue weighted by atomic mass is 9.75. The number of hydrogen-bond acceptors (Lipinski definition) is 4. The summed E-state index contributed by atoms with van der Waals surface area (Å²) in [5.41, 5.74) is 5.21. The highest BCUT2D eigenvalue weighted by atomic mass is 35.5. The second kappa shape index (κ2) is 9.45. The van der Waals surface area contributed by atoms with Crippen LogP contribution in [0.3, 0.4) is 0 Å². The molecule has 6 heteroatoms. The quantitative estimate of drug-likeness (QED) is 0.321. The number of hydrogen-bond donors (Lipinski definition) is 1. The number of anilines is 1. The zero-order valence-corrected chi connectivity index (χ0v) is 18.7. The van der Waals surface area contributed by atoms with Crippen molar-refractivity contribution in [2.24, 2.45) is 0 Å². The van der Waals surface area contributed by atoms with Crippen LogP contribution in [0.15, 0.2) is 66.7 Å². The van der Waals surface area contributed by atoms with E-state index in [9.17, 15) is 9.59 Å². The van der Waals surface area contributed by atoms with Gasteiger partial charge in [-0.3, -0.25) is 9.59 Å². The first-order valence-electron chi connectivity index (χ1n) is 10.4. The van der Waals surface area contributed by atoms with E-state index in [2.05, 4.69) is 36.5 Å². The van der Waals surface area contributed by atoms with Gasteiger partial charge in [-0.05, 0) is 36.2 Å². The molecule has 3 aromatic carbocycles. The number of ether oxygens (including phenoxy) is 2. The summed E-state index contributed by atoms with van der Waals surface area (Å²) in [4.78, 5) is 23.0. The fourth-order valence-corrected chi connectivity index (χ4v) is 4.25. The third kappa shape index (κ3) is 4.78. The Balaban J connectivity index is 1.75. The van der Waals surface area contributed by atoms with Crippen LogP contribution >= 0.6 is 11.6 Å². The SMILES string of the molecule is CC(=O)Oc1ccc2c(c1)OCC(c1cccc(C)c1)C2c1ccc(NC(=O)CCl)cc1. The molecule has 1 aliphatic rings. The highest BCUT2D eigenvalue weighted by Gasteiger charge is 2.34. The summed E-state index contributed by atoms with van der Waals surface area (Å²) in [6.07, 6.45) is 0. The van der Waals surface area contributed by atoms with Crippen LogP contribution < -0.4 is 14.8 Å². The lowest BCUT2D eigenvalue weighted by Crippen LogP contribution is -2.25. The first kappa shape index (κ1) is 21.9. The molecule has 0 aliphatic carbocycles. The molecule has 32 heavy (non-hydrogen) atoms. The monoisotopic (exact) mass is 449 g/mol. The molecule has 2 atom stereocenters. The molecule has 3 aromatic rings. The molecule has 0 radical (unpaired) electrons. The van der Waals surface area contributed by atoms with Gasteiger partial charge < -0.3 is 14.8 Å². The topological polar surface area (TPSA) is 64.6 Å². The van der Waals surface area contributed by atoms with Gasteiger partial charge in [-0.1, -0.05) is 48.0 Å². The van der Waals surface area contributed by atoms with E-state index in [4.69, 9.17) is 21.1 Å². The maximum Gasteiger partial charge on any atom is 0.308 e. The molecule has 0 spiro atoms. The van der Waals surface area contributed by atoms with E-state index in [0.29, 0.717) is 23.8 Å². The molecule has 4 rings (SSSR count). The van der Waals surface area contributed by atoms with Crippen LogP contribution in [-0.2, 0) is 9.59 Å². The minimum Gasteiger partial charge on any atom is -0.492 e. The summed E-state index contributed by atoms with van der Waals surface area (Å²) in [7, 11) is 0. The smallest absolute Gasteiger partial charge is 0.308 e. The van der Waals surface area contributed by atoms with Crippen LogP contribution in [0.25, 0.3) is 0 Å². The Kier molecular flexibility index (Phi) is 6.47. The summed E-state index contributed by atoms with van der Waals surface area (Å²) in [6, 6.07) is 21.8. The molecular weight excluding hydrogens is 426 g/mol. The molecule has 0 fully saturated rings. The molecule has 1 aliphatic heterocycles. The zero-order valence-electron chi connectivity index (χ0n) is 17.9. The summed E-state index contributed by atoms with van der Waals surface area (Å²) >= 11 is 5.60. The third-order valence-corrected chi connectivity index (χ3v) is 5.79. The van der Waals surface area contributed by atoms with Crippen molar-refractivity contribution in [1.29, 1.82) is 0 Å². The van der Waals surface area contributed by atoms with Crippen LogP contribution in [-0.4, -0.2) is 24.4 Å². The molecular formula is C26H24ClNO4. The van der Waals surface area contributed by atoms with Gasteiger partial charge in [-0.25, -0.2) is 0 Å². The summed E-state index contributed by atoms with van der Waals surface area (Å²) in [5, 5.41) is 2.77. The molecule has 2 unspecified atom stereocenters. The number of halogens is 1. The van der Waals surface area contributed by atoms with Crippen molar-refractivity contribution < 1.29 is 19.1 Å². The predicted molar refractivity (Wildman–Crippen MR) is 125 cm³/mol. The van der Waals surface area contributed by atoms with E-state index >= 15 is 0 Å². The highest BCUT2D eigenvalue weighted by molar-refractivity contribution is 6.29. The van der Waals surface area contributed by atoms with E-state index in [0.717, 1.165) is 11.1 Å². The largest absolute Gasteiger partial charge is 0.492 e. The predicted octanol–water partition coefficient (Wildman–Crippen LogP) is 5.41. The number of aryl methyl sites for hydroxylation is 1. The van der Waals surface area contributed by atoms with Gasteiger partial charge in [0.2, 0.25) is 5.91 Å². The van der Waals surface area contributed by atoms with Gasteiger partial charge in [0.15, 0.2) is 0 Å². The van der Waals surface area contributed by atoms with E-state index in [1.807, 2.05) is 30.3 Å². The second-order valence-electron chi connectivity index (χ2n) is 7.91. The van der Waals surface area contributed by atoms with Crippen LogP contribution in [0.4, 0.5) is 5.69 Å². The van der Waals surface area contributed by atoms with Gasteiger partial charge in [-0.2, -0.15) is 0 Å². The number of fused-ring (bicyclic) bond motifs is 1. The van der Waals surface area contributed by atoms with Crippen molar-refractivity contribution in [1.82, 2.24) is 0 Å². The van der Waals surface area contributed by atoms with Crippen LogP contribution in [0.2, 0.25) is 0 Å². The average Bonchev–Trinajstić information content (AvgIpc) is 2.78. The number of carbonyl (C=O) groups is 2. The van der Waals surface area contributed by atoms with Gasteiger partial charge in [-0.15, -0.1) is 11.6 Å². The molecule has 0 saturated heterocycles. The van der Waals surface area contributed by atoms with Gasteiger partial charge in [0.25, 0.3) is 0 Å².